The predicted molar refractivity (Wildman–Crippen MR) is 122 cm³/mol. The normalized spacial score (nSPS) is 23.5. The fraction of sp³-hybridized carbons (Fsp3) is 0.458. The van der Waals surface area contributed by atoms with E-state index in [0.717, 1.165) is 54.4 Å². The molecular formula is C24H27N5O4. The van der Waals surface area contributed by atoms with Gasteiger partial charge in [0.2, 0.25) is 0 Å². The molecule has 2 fully saturated rings. The maximum absolute atomic E-state index is 12.5. The van der Waals surface area contributed by atoms with Crippen LogP contribution in [0.3, 0.4) is 0 Å². The Balaban J connectivity index is 1.03. The smallest absolute Gasteiger partial charge is 0.251 e. The number of aromatic nitrogens is 3. The Bertz CT molecular complexity index is 1230. The summed E-state index contributed by atoms with van der Waals surface area (Å²) in [5.74, 6) is 3.49. The molecule has 33 heavy (non-hydrogen) atoms. The molecule has 3 aliphatic rings. The van der Waals surface area contributed by atoms with Gasteiger partial charge >= 0.3 is 0 Å². The number of fused-ring (bicyclic) bond motifs is 3. The van der Waals surface area contributed by atoms with Crippen LogP contribution >= 0.6 is 0 Å². The summed E-state index contributed by atoms with van der Waals surface area (Å²) in [4.78, 5) is 23.9. The fourth-order valence-electron chi connectivity index (χ4n) is 5.14. The molecule has 2 aliphatic heterocycles. The van der Waals surface area contributed by atoms with Gasteiger partial charge in [0.25, 0.3) is 5.56 Å². The molecule has 6 rings (SSSR count). The highest BCUT2D eigenvalue weighted by Gasteiger charge is 2.55. The molecule has 3 aromatic rings. The Hall–Kier alpha value is -3.17. The highest BCUT2D eigenvalue weighted by molar-refractivity contribution is 5.75. The van der Waals surface area contributed by atoms with Crippen molar-refractivity contribution in [3.63, 3.8) is 0 Å². The van der Waals surface area contributed by atoms with E-state index in [1.54, 1.807) is 36.2 Å². The molecule has 172 valence electrons. The van der Waals surface area contributed by atoms with Crippen molar-refractivity contribution >= 4 is 11.0 Å². The second-order valence-electron chi connectivity index (χ2n) is 8.92. The molecule has 5 heterocycles. The Labute approximate surface area is 191 Å². The zero-order valence-corrected chi connectivity index (χ0v) is 18.6. The van der Waals surface area contributed by atoms with Gasteiger partial charge in [0.05, 0.1) is 36.2 Å². The fourth-order valence-corrected chi connectivity index (χ4v) is 5.14. The van der Waals surface area contributed by atoms with Crippen molar-refractivity contribution in [1.29, 1.82) is 0 Å². The van der Waals surface area contributed by atoms with E-state index in [-0.39, 0.29) is 5.56 Å². The topological polar surface area (TPSA) is 90.7 Å². The monoisotopic (exact) mass is 449 g/mol. The standard InChI is InChI=1S/C24H27N5O4/c1-31-16-9-20-19(26-11-16)2-3-23(30)29(20)5-4-28-13-17-18(14-28)24(17)27-10-15-8-21-22(12-25-15)33-7-6-32-21/h2-3,8-9,11-12,17-18,24,27H,4-7,10,13-14H2,1H3/t17-,18+,24+. The third-order valence-electron chi connectivity index (χ3n) is 6.96. The van der Waals surface area contributed by atoms with E-state index in [1.807, 2.05) is 12.1 Å². The van der Waals surface area contributed by atoms with Crippen molar-refractivity contribution in [3.8, 4) is 17.2 Å². The summed E-state index contributed by atoms with van der Waals surface area (Å²) < 4.78 is 18.3. The molecule has 0 amide bonds. The zero-order valence-electron chi connectivity index (χ0n) is 18.6. The van der Waals surface area contributed by atoms with Gasteiger partial charge in [-0.2, -0.15) is 0 Å². The summed E-state index contributed by atoms with van der Waals surface area (Å²) in [6.45, 7) is 5.49. The van der Waals surface area contributed by atoms with Crippen LogP contribution < -0.4 is 25.1 Å². The van der Waals surface area contributed by atoms with E-state index in [9.17, 15) is 4.79 Å². The number of hydrogen-bond acceptors (Lipinski definition) is 8. The maximum atomic E-state index is 12.5. The van der Waals surface area contributed by atoms with Crippen molar-refractivity contribution in [2.75, 3.05) is 40.0 Å². The van der Waals surface area contributed by atoms with Crippen molar-refractivity contribution in [3.05, 3.63) is 52.7 Å². The van der Waals surface area contributed by atoms with Crippen LogP contribution in [0.5, 0.6) is 17.2 Å². The Kier molecular flexibility index (Phi) is 5.15. The number of pyridine rings is 3. The molecule has 1 saturated heterocycles. The van der Waals surface area contributed by atoms with Gasteiger partial charge in [0, 0.05) is 57.0 Å². The lowest BCUT2D eigenvalue weighted by Gasteiger charge is -2.21. The van der Waals surface area contributed by atoms with Gasteiger partial charge in [-0.3, -0.25) is 14.8 Å². The molecule has 1 aliphatic carbocycles. The van der Waals surface area contributed by atoms with Crippen LogP contribution in [0.2, 0.25) is 0 Å². The van der Waals surface area contributed by atoms with Crippen molar-refractivity contribution in [1.82, 2.24) is 24.8 Å². The summed E-state index contributed by atoms with van der Waals surface area (Å²) in [5.41, 5.74) is 2.59. The minimum absolute atomic E-state index is 0.00613. The molecule has 0 radical (unpaired) electrons. The van der Waals surface area contributed by atoms with Gasteiger partial charge in [-0.25, -0.2) is 0 Å². The van der Waals surface area contributed by atoms with Gasteiger partial charge in [-0.05, 0) is 17.9 Å². The van der Waals surface area contributed by atoms with E-state index in [2.05, 4.69) is 20.2 Å². The molecule has 0 aromatic carbocycles. The number of rotatable bonds is 7. The van der Waals surface area contributed by atoms with E-state index in [4.69, 9.17) is 14.2 Å². The van der Waals surface area contributed by atoms with Crippen molar-refractivity contribution in [2.45, 2.75) is 19.1 Å². The molecule has 0 spiro atoms. The Morgan fingerprint density at radius 2 is 1.88 bits per heavy atom. The van der Waals surface area contributed by atoms with E-state index in [0.29, 0.717) is 43.4 Å². The van der Waals surface area contributed by atoms with E-state index < -0.39 is 0 Å². The molecule has 1 N–H and O–H groups in total. The summed E-state index contributed by atoms with van der Waals surface area (Å²) in [6.07, 6.45) is 3.43. The largest absolute Gasteiger partial charge is 0.495 e. The first kappa shape index (κ1) is 20.4. The zero-order chi connectivity index (χ0) is 22.4. The molecule has 0 unspecified atom stereocenters. The number of nitrogens with one attached hydrogen (secondary N) is 1. The maximum Gasteiger partial charge on any atom is 0.251 e. The highest BCUT2D eigenvalue weighted by Crippen LogP contribution is 2.45. The molecule has 0 bridgehead atoms. The second-order valence-corrected chi connectivity index (χ2v) is 8.92. The van der Waals surface area contributed by atoms with Crippen molar-refractivity contribution < 1.29 is 14.2 Å². The second kappa shape index (κ2) is 8.31. The van der Waals surface area contributed by atoms with Crippen LogP contribution in [0.25, 0.3) is 11.0 Å². The molecule has 1 saturated carbocycles. The lowest BCUT2D eigenvalue weighted by Crippen LogP contribution is -2.34. The SMILES string of the molecule is COc1cnc2ccc(=O)n(CCN3C[C@@H]4[C@H](C3)[C@H]4NCc3cc4c(cn3)OCCO4)c2c1. The number of methoxy groups -OCH3 is 1. The number of hydrogen-bond donors (Lipinski definition) is 1. The first-order valence-corrected chi connectivity index (χ1v) is 11.4. The summed E-state index contributed by atoms with van der Waals surface area (Å²) in [7, 11) is 1.61. The highest BCUT2D eigenvalue weighted by atomic mass is 16.6. The molecule has 3 aromatic heterocycles. The van der Waals surface area contributed by atoms with Gasteiger partial charge < -0.3 is 29.0 Å². The van der Waals surface area contributed by atoms with Gasteiger partial charge in [-0.15, -0.1) is 0 Å². The van der Waals surface area contributed by atoms with Gasteiger partial charge in [0.15, 0.2) is 11.5 Å². The van der Waals surface area contributed by atoms with E-state index in [1.165, 1.54) is 0 Å². The first-order valence-electron chi connectivity index (χ1n) is 11.4. The lowest BCUT2D eigenvalue weighted by molar-refractivity contribution is 0.170. The van der Waals surface area contributed by atoms with Gasteiger partial charge in [-0.1, -0.05) is 0 Å². The number of piperidine rings is 1. The summed E-state index contributed by atoms with van der Waals surface area (Å²) in [5, 5.41) is 3.66. The number of ether oxygens (including phenoxy) is 3. The van der Waals surface area contributed by atoms with Crippen LogP contribution in [0.15, 0.2) is 41.5 Å². The van der Waals surface area contributed by atoms with Crippen LogP contribution in [0.4, 0.5) is 0 Å². The Morgan fingerprint density at radius 3 is 2.70 bits per heavy atom. The van der Waals surface area contributed by atoms with Crippen LogP contribution in [-0.4, -0.2) is 65.4 Å². The van der Waals surface area contributed by atoms with Crippen molar-refractivity contribution in [2.24, 2.45) is 11.8 Å². The number of nitrogens with zero attached hydrogens (tertiary/aromatic N) is 4. The quantitative estimate of drug-likeness (QED) is 0.577. The summed E-state index contributed by atoms with van der Waals surface area (Å²) in [6, 6.07) is 7.75. The van der Waals surface area contributed by atoms with Crippen LogP contribution in [-0.2, 0) is 13.1 Å². The molecule has 3 atom stereocenters. The number of likely N-dealkylation sites (tertiary alicyclic amines) is 1. The third kappa shape index (κ3) is 3.91. The third-order valence-corrected chi connectivity index (χ3v) is 6.96. The first-order chi connectivity index (χ1) is 16.2. The minimum Gasteiger partial charge on any atom is -0.495 e. The average molecular weight is 450 g/mol. The average Bonchev–Trinajstić information content (AvgIpc) is 3.31. The van der Waals surface area contributed by atoms with Crippen LogP contribution in [0.1, 0.15) is 5.69 Å². The predicted octanol–water partition coefficient (Wildman–Crippen LogP) is 1.29. The van der Waals surface area contributed by atoms with Gasteiger partial charge in [0.1, 0.15) is 19.0 Å². The van der Waals surface area contributed by atoms with E-state index >= 15 is 0 Å². The summed E-state index contributed by atoms with van der Waals surface area (Å²) >= 11 is 0. The minimum atomic E-state index is -0.00613. The molecular weight excluding hydrogens is 422 g/mol. The molecule has 9 heteroatoms. The lowest BCUT2D eigenvalue weighted by atomic mass is 10.3. The van der Waals surface area contributed by atoms with Crippen LogP contribution in [0, 0.1) is 11.8 Å². The Morgan fingerprint density at radius 1 is 1.06 bits per heavy atom. The molecule has 9 nitrogen and oxygen atoms in total.